The number of halogens is 5. The molecule has 0 saturated carbocycles. The highest BCUT2D eigenvalue weighted by Crippen LogP contribution is 2.38. The Hall–Kier alpha value is -4.24. The van der Waals surface area contributed by atoms with Crippen molar-refractivity contribution in [2.75, 3.05) is 26.8 Å². The molecule has 3 aromatic rings. The van der Waals surface area contributed by atoms with E-state index in [-0.39, 0.29) is 67.0 Å². The van der Waals surface area contributed by atoms with Crippen LogP contribution in [0, 0.1) is 23.5 Å². The molecular weight excluding hydrogens is 665 g/mol. The molecule has 1 unspecified atom stereocenters. The minimum atomic E-state index is -5.08. The summed E-state index contributed by atoms with van der Waals surface area (Å²) in [6.07, 6.45) is -3.08. The zero-order valence-electron chi connectivity index (χ0n) is 28.7. The van der Waals surface area contributed by atoms with E-state index in [0.29, 0.717) is 24.0 Å². The van der Waals surface area contributed by atoms with Crippen LogP contribution in [0.1, 0.15) is 67.9 Å². The summed E-state index contributed by atoms with van der Waals surface area (Å²) in [7, 11) is 1.42. The number of hydrogen-bond donors (Lipinski definition) is 3. The molecule has 10 nitrogen and oxygen atoms in total. The maximum Gasteiger partial charge on any atom is 0.573 e. The number of aromatic nitrogens is 1. The zero-order chi connectivity index (χ0) is 36.9. The Morgan fingerprint density at radius 1 is 0.980 bits per heavy atom. The van der Waals surface area contributed by atoms with Crippen molar-refractivity contribution >= 4 is 28.6 Å². The number of nitrogens with zero attached hydrogens (tertiary/aromatic N) is 2. The number of fused-ring (bicyclic) bond motifs is 1. The monoisotopic (exact) mass is 709 g/mol. The van der Waals surface area contributed by atoms with E-state index in [9.17, 15) is 31.9 Å². The largest absolute Gasteiger partial charge is 0.573 e. The fourth-order valence-electron chi connectivity index (χ4n) is 6.08. The average Bonchev–Trinajstić information content (AvgIpc) is 3.46. The van der Waals surface area contributed by atoms with Gasteiger partial charge in [0.05, 0.1) is 29.1 Å². The van der Waals surface area contributed by atoms with Gasteiger partial charge in [-0.3, -0.25) is 14.4 Å². The summed E-state index contributed by atoms with van der Waals surface area (Å²) in [5, 5.41) is 5.23. The number of carbonyl (C=O) groups is 3. The van der Waals surface area contributed by atoms with Crippen molar-refractivity contribution in [2.45, 2.75) is 78.0 Å². The lowest BCUT2D eigenvalue weighted by Gasteiger charge is -2.32. The number of hydrogen-bond acceptors (Lipinski definition) is 6. The van der Waals surface area contributed by atoms with Gasteiger partial charge in [0.1, 0.15) is 23.4 Å². The first-order valence-corrected chi connectivity index (χ1v) is 16.5. The van der Waals surface area contributed by atoms with Gasteiger partial charge < -0.3 is 35.3 Å². The highest BCUT2D eigenvalue weighted by atomic mass is 19.4. The Bertz CT molecular complexity index is 1680. The Morgan fingerprint density at radius 2 is 1.64 bits per heavy atom. The number of piperidine rings is 1. The molecule has 2 atom stereocenters. The fourth-order valence-corrected chi connectivity index (χ4v) is 6.08. The average molecular weight is 710 g/mol. The molecule has 15 heteroatoms. The van der Waals surface area contributed by atoms with Gasteiger partial charge in [0.25, 0.3) is 5.91 Å². The molecule has 4 N–H and O–H groups in total. The van der Waals surface area contributed by atoms with Crippen LogP contribution in [0.3, 0.4) is 0 Å². The summed E-state index contributed by atoms with van der Waals surface area (Å²) in [4.78, 5) is 40.7. The number of carbonyl (C=O) groups excluding carboxylic acids is 3. The summed E-state index contributed by atoms with van der Waals surface area (Å²) in [5.74, 6) is -4.05. The Labute approximate surface area is 287 Å². The van der Waals surface area contributed by atoms with E-state index in [1.54, 1.807) is 26.0 Å². The van der Waals surface area contributed by atoms with E-state index in [2.05, 4.69) is 15.4 Å². The number of benzene rings is 2. The number of rotatable bonds is 13. The third-order valence-electron chi connectivity index (χ3n) is 8.94. The predicted molar refractivity (Wildman–Crippen MR) is 176 cm³/mol. The molecule has 0 aliphatic carbocycles. The first kappa shape index (κ1) is 38.6. The molecule has 3 amide bonds. The van der Waals surface area contributed by atoms with Crippen LogP contribution in [0.4, 0.5) is 22.0 Å². The van der Waals surface area contributed by atoms with Crippen molar-refractivity contribution in [3.63, 3.8) is 0 Å². The molecule has 4 rings (SSSR count). The molecule has 1 aliphatic rings. The summed E-state index contributed by atoms with van der Waals surface area (Å²) in [6, 6.07) is 4.62. The topological polar surface area (TPSA) is 128 Å². The van der Waals surface area contributed by atoms with Crippen LogP contribution in [0.2, 0.25) is 0 Å². The first-order valence-electron chi connectivity index (χ1n) is 16.5. The Morgan fingerprint density at radius 3 is 2.24 bits per heavy atom. The van der Waals surface area contributed by atoms with Gasteiger partial charge in [0.2, 0.25) is 11.8 Å². The fraction of sp³-hybridized carbons (Fsp3) is 0.514. The number of likely N-dealkylation sites (tertiary alicyclic amines) is 1. The number of nitrogens with one attached hydrogen (secondary N) is 2. The van der Waals surface area contributed by atoms with Gasteiger partial charge in [-0.25, -0.2) is 8.78 Å². The number of amides is 3. The van der Waals surface area contributed by atoms with Crippen molar-refractivity contribution in [1.82, 2.24) is 20.1 Å². The van der Waals surface area contributed by atoms with Gasteiger partial charge in [-0.15, -0.1) is 13.2 Å². The smallest absolute Gasteiger partial charge is 0.405 e. The van der Waals surface area contributed by atoms with E-state index in [0.717, 1.165) is 12.1 Å². The van der Waals surface area contributed by atoms with Crippen molar-refractivity contribution in [3.8, 4) is 5.75 Å². The summed E-state index contributed by atoms with van der Waals surface area (Å²) < 4.78 is 80.5. The van der Waals surface area contributed by atoms with Crippen molar-refractivity contribution < 1.29 is 45.8 Å². The van der Waals surface area contributed by atoms with Crippen LogP contribution in [-0.2, 0) is 27.4 Å². The van der Waals surface area contributed by atoms with Crippen molar-refractivity contribution in [2.24, 2.45) is 17.6 Å². The normalized spacial score (nSPS) is 15.4. The van der Waals surface area contributed by atoms with Gasteiger partial charge in [-0.05, 0) is 59.9 Å². The standard InChI is InChI=1S/C35H44F5N5O5/c1-19(2)29(41)32(46)43-30(20(3)4)33(47)42-17-21-6-7-25(36)23(16-21)22-10-12-44(13-11-22)34(48)24-18-45(14-15-49-5)31-26(37)8-9-27(28(24)31)50-35(38,39)40/h6-9,16,18-20,22,29-30H,10-15,17,41H2,1-5H3,(H,42,47)(H,43,46)/t29?,30-/m0/s1. The highest BCUT2D eigenvalue weighted by Gasteiger charge is 2.35. The molecule has 1 aliphatic heterocycles. The molecule has 0 bridgehead atoms. The van der Waals surface area contributed by atoms with Gasteiger partial charge in [0.15, 0.2) is 0 Å². The maximum atomic E-state index is 15.1. The lowest BCUT2D eigenvalue weighted by molar-refractivity contribution is -0.274. The minimum absolute atomic E-state index is 0.0733. The Balaban J connectivity index is 1.48. The summed E-state index contributed by atoms with van der Waals surface area (Å²) in [5.41, 5.74) is 6.60. The van der Waals surface area contributed by atoms with Crippen LogP contribution in [0.5, 0.6) is 5.75 Å². The number of ether oxygens (including phenoxy) is 2. The van der Waals surface area contributed by atoms with E-state index in [4.69, 9.17) is 10.5 Å². The summed E-state index contributed by atoms with van der Waals surface area (Å²) in [6.45, 7) is 7.79. The SMILES string of the molecule is COCCn1cc(C(=O)N2CCC(c3cc(CNC(=O)[C@@H](NC(=O)C(N)C(C)C)C(C)C)ccc3F)CC2)c2c(OC(F)(F)F)ccc(F)c21. The molecule has 2 aromatic carbocycles. The molecule has 1 saturated heterocycles. The third kappa shape index (κ3) is 9.10. The molecule has 50 heavy (non-hydrogen) atoms. The zero-order valence-corrected chi connectivity index (χ0v) is 28.7. The lowest BCUT2D eigenvalue weighted by atomic mass is 9.88. The number of methoxy groups -OCH3 is 1. The quantitative estimate of drug-likeness (QED) is 0.209. The minimum Gasteiger partial charge on any atom is -0.405 e. The van der Waals surface area contributed by atoms with E-state index in [1.165, 1.54) is 28.8 Å². The number of alkyl halides is 3. The molecule has 1 aromatic heterocycles. The molecular formula is C35H44F5N5O5. The van der Waals surface area contributed by atoms with Gasteiger partial charge in [0, 0.05) is 39.5 Å². The van der Waals surface area contributed by atoms with E-state index in [1.807, 2.05) is 13.8 Å². The second-order valence-corrected chi connectivity index (χ2v) is 13.2. The van der Waals surface area contributed by atoms with Gasteiger partial charge in [-0.2, -0.15) is 0 Å². The van der Waals surface area contributed by atoms with Crippen LogP contribution in [-0.4, -0.2) is 72.4 Å². The van der Waals surface area contributed by atoms with Crippen LogP contribution in [0.15, 0.2) is 36.5 Å². The molecule has 0 radical (unpaired) electrons. The van der Waals surface area contributed by atoms with Crippen molar-refractivity contribution in [3.05, 3.63) is 64.9 Å². The predicted octanol–water partition coefficient (Wildman–Crippen LogP) is 5.22. The van der Waals surface area contributed by atoms with Crippen molar-refractivity contribution in [1.29, 1.82) is 0 Å². The first-order chi connectivity index (χ1) is 23.5. The van der Waals surface area contributed by atoms with Crippen LogP contribution in [0.25, 0.3) is 10.9 Å². The van der Waals surface area contributed by atoms with Crippen LogP contribution < -0.4 is 21.1 Å². The van der Waals surface area contributed by atoms with E-state index >= 15 is 4.39 Å². The molecule has 0 spiro atoms. The van der Waals surface area contributed by atoms with E-state index < -0.39 is 53.6 Å². The third-order valence-corrected chi connectivity index (χ3v) is 8.94. The van der Waals surface area contributed by atoms with Gasteiger partial charge in [-0.1, -0.05) is 39.8 Å². The maximum absolute atomic E-state index is 15.1. The van der Waals surface area contributed by atoms with Gasteiger partial charge >= 0.3 is 6.36 Å². The summed E-state index contributed by atoms with van der Waals surface area (Å²) >= 11 is 0. The highest BCUT2D eigenvalue weighted by molar-refractivity contribution is 6.09. The second kappa shape index (κ2) is 16.2. The van der Waals surface area contributed by atoms with Crippen LogP contribution >= 0.6 is 0 Å². The second-order valence-electron chi connectivity index (χ2n) is 13.2. The number of nitrogens with two attached hydrogens (primary N) is 1. The lowest BCUT2D eigenvalue weighted by Crippen LogP contribution is -2.54. The molecule has 1 fully saturated rings. The molecule has 2 heterocycles. The molecule has 274 valence electrons. The Kier molecular flexibility index (Phi) is 12.5.